The lowest BCUT2D eigenvalue weighted by molar-refractivity contribution is 0.569. The van der Waals surface area contributed by atoms with E-state index >= 15 is 0 Å². The van der Waals surface area contributed by atoms with E-state index in [1.807, 2.05) is 18.5 Å². The van der Waals surface area contributed by atoms with Gasteiger partial charge in [0.15, 0.2) is 9.84 Å². The molecular formula is C22H29N3O2S. The molecule has 1 aromatic carbocycles. The molecule has 3 aromatic rings. The van der Waals surface area contributed by atoms with Crippen molar-refractivity contribution in [3.8, 4) is 0 Å². The largest absolute Gasteiger partial charge is 0.328 e. The topological polar surface area (TPSA) is 64.8 Å². The Morgan fingerprint density at radius 3 is 2.54 bits per heavy atom. The minimum atomic E-state index is -3.18. The lowest BCUT2D eigenvalue weighted by Gasteiger charge is -2.10. The van der Waals surface area contributed by atoms with Crippen molar-refractivity contribution in [3.05, 3.63) is 54.1 Å². The highest BCUT2D eigenvalue weighted by atomic mass is 32.2. The fraction of sp³-hybridized carbons (Fsp3) is 0.455. The molecule has 28 heavy (non-hydrogen) atoms. The molecular weight excluding hydrogens is 370 g/mol. The molecule has 0 aliphatic heterocycles. The molecule has 3 rings (SSSR count). The van der Waals surface area contributed by atoms with Crippen molar-refractivity contribution in [2.24, 2.45) is 0 Å². The van der Waals surface area contributed by atoms with Gasteiger partial charge in [-0.05, 0) is 43.9 Å². The van der Waals surface area contributed by atoms with Crippen molar-refractivity contribution in [2.45, 2.75) is 63.8 Å². The Balaban J connectivity index is 1.62. The summed E-state index contributed by atoms with van der Waals surface area (Å²) in [7, 11) is -3.18. The highest BCUT2D eigenvalue weighted by Crippen LogP contribution is 2.21. The van der Waals surface area contributed by atoms with Crippen LogP contribution < -0.4 is 0 Å². The van der Waals surface area contributed by atoms with Gasteiger partial charge in [-0.3, -0.25) is 4.98 Å². The Morgan fingerprint density at radius 2 is 1.79 bits per heavy atom. The normalized spacial score (nSPS) is 11.9. The van der Waals surface area contributed by atoms with Crippen molar-refractivity contribution < 1.29 is 8.42 Å². The van der Waals surface area contributed by atoms with E-state index in [0.717, 1.165) is 61.1 Å². The number of pyridine rings is 1. The Morgan fingerprint density at radius 1 is 1.00 bits per heavy atom. The zero-order chi connectivity index (χ0) is 20.0. The highest BCUT2D eigenvalue weighted by Gasteiger charge is 2.14. The molecule has 0 saturated heterocycles. The van der Waals surface area contributed by atoms with Crippen LogP contribution in [0.25, 0.3) is 11.0 Å². The summed E-state index contributed by atoms with van der Waals surface area (Å²) in [6.07, 6.45) is 9.43. The second kappa shape index (κ2) is 9.32. The van der Waals surface area contributed by atoms with Crippen molar-refractivity contribution in [1.82, 2.24) is 14.5 Å². The second-order valence-electron chi connectivity index (χ2n) is 7.30. The van der Waals surface area contributed by atoms with Crippen molar-refractivity contribution >= 4 is 20.9 Å². The van der Waals surface area contributed by atoms with Gasteiger partial charge >= 0.3 is 0 Å². The van der Waals surface area contributed by atoms with Crippen LogP contribution in [0.1, 0.15) is 50.4 Å². The van der Waals surface area contributed by atoms with Crippen molar-refractivity contribution in [1.29, 1.82) is 0 Å². The number of fused-ring (bicyclic) bond motifs is 1. The predicted octanol–water partition coefficient (Wildman–Crippen LogP) is 4.73. The smallest absolute Gasteiger partial charge is 0.178 e. The molecule has 0 spiro atoms. The average molecular weight is 400 g/mol. The van der Waals surface area contributed by atoms with Crippen molar-refractivity contribution in [2.75, 3.05) is 5.75 Å². The highest BCUT2D eigenvalue weighted by molar-refractivity contribution is 7.91. The molecule has 0 radical (unpaired) electrons. The Hall–Kier alpha value is -2.21. The number of unbranched alkanes of at least 4 members (excludes halogenated alkanes) is 3. The maximum absolute atomic E-state index is 12.4. The number of hydrogen-bond donors (Lipinski definition) is 0. The van der Waals surface area contributed by atoms with E-state index in [0.29, 0.717) is 11.3 Å². The lowest BCUT2D eigenvalue weighted by Crippen LogP contribution is -2.08. The van der Waals surface area contributed by atoms with Crippen LogP contribution in [0, 0.1) is 6.92 Å². The SMILES string of the molecule is CCCCc1nc2cncc(C)c2n1CCCCCS(=O)(=O)c1ccccc1. The summed E-state index contributed by atoms with van der Waals surface area (Å²) in [4.78, 5) is 9.48. The van der Waals surface area contributed by atoms with Crippen LogP contribution in [0.15, 0.2) is 47.6 Å². The molecule has 2 aromatic heterocycles. The zero-order valence-electron chi connectivity index (χ0n) is 16.8. The molecule has 0 atom stereocenters. The molecule has 5 nitrogen and oxygen atoms in total. The van der Waals surface area contributed by atoms with Gasteiger partial charge in [0.1, 0.15) is 11.3 Å². The van der Waals surface area contributed by atoms with Gasteiger partial charge in [0.25, 0.3) is 0 Å². The summed E-state index contributed by atoms with van der Waals surface area (Å²) >= 11 is 0. The number of aryl methyl sites for hydroxylation is 3. The first-order valence-electron chi connectivity index (χ1n) is 10.1. The molecule has 0 unspecified atom stereocenters. The summed E-state index contributed by atoms with van der Waals surface area (Å²) in [5, 5.41) is 0. The quantitative estimate of drug-likeness (QED) is 0.463. The first kappa shape index (κ1) is 20.5. The Kier molecular flexibility index (Phi) is 6.83. The molecule has 0 fully saturated rings. The maximum atomic E-state index is 12.4. The van der Waals surface area contributed by atoms with E-state index in [1.54, 1.807) is 24.3 Å². The minimum absolute atomic E-state index is 0.202. The third kappa shape index (κ3) is 4.79. The molecule has 0 aliphatic rings. The first-order valence-corrected chi connectivity index (χ1v) is 11.8. The van der Waals surface area contributed by atoms with Crippen LogP contribution in [0.3, 0.4) is 0 Å². The lowest BCUT2D eigenvalue weighted by atomic mass is 10.2. The van der Waals surface area contributed by atoms with Crippen LogP contribution in [-0.2, 0) is 22.8 Å². The van der Waals surface area contributed by atoms with Gasteiger partial charge in [0.05, 0.1) is 22.4 Å². The Bertz CT molecular complexity index is 1010. The number of sulfone groups is 1. The minimum Gasteiger partial charge on any atom is -0.328 e. The molecule has 0 N–H and O–H groups in total. The van der Waals surface area contributed by atoms with Crippen LogP contribution in [0.2, 0.25) is 0 Å². The van der Waals surface area contributed by atoms with Gasteiger partial charge in [-0.2, -0.15) is 0 Å². The molecule has 2 heterocycles. The second-order valence-corrected chi connectivity index (χ2v) is 9.41. The number of benzene rings is 1. The van der Waals surface area contributed by atoms with E-state index in [4.69, 9.17) is 4.98 Å². The summed E-state index contributed by atoms with van der Waals surface area (Å²) in [6, 6.07) is 8.72. The van der Waals surface area contributed by atoms with E-state index in [9.17, 15) is 8.42 Å². The average Bonchev–Trinajstić information content (AvgIpc) is 3.05. The van der Waals surface area contributed by atoms with Crippen LogP contribution in [0.4, 0.5) is 0 Å². The standard InChI is InChI=1S/C22H29N3O2S/c1-3-4-13-21-24-20-17-23-16-18(2)22(20)25(21)14-9-6-10-15-28(26,27)19-11-7-5-8-12-19/h5,7-8,11-12,16-17H,3-4,6,9-10,13-15H2,1-2H3. The third-order valence-corrected chi connectivity index (χ3v) is 6.88. The number of hydrogen-bond acceptors (Lipinski definition) is 4. The van der Waals surface area contributed by atoms with Gasteiger partial charge in [0, 0.05) is 19.2 Å². The summed E-state index contributed by atoms with van der Waals surface area (Å²) in [5.41, 5.74) is 3.26. The van der Waals surface area contributed by atoms with Crippen LogP contribution >= 0.6 is 0 Å². The predicted molar refractivity (Wildman–Crippen MR) is 113 cm³/mol. The third-order valence-electron chi connectivity index (χ3n) is 5.06. The van der Waals surface area contributed by atoms with Crippen LogP contribution in [0.5, 0.6) is 0 Å². The number of aromatic nitrogens is 3. The van der Waals surface area contributed by atoms with Gasteiger partial charge in [-0.1, -0.05) is 38.0 Å². The van der Waals surface area contributed by atoms with Gasteiger partial charge in [-0.15, -0.1) is 0 Å². The first-order chi connectivity index (χ1) is 13.5. The monoisotopic (exact) mass is 399 g/mol. The van der Waals surface area contributed by atoms with Crippen LogP contribution in [-0.4, -0.2) is 28.7 Å². The number of rotatable bonds is 10. The van der Waals surface area contributed by atoms with Gasteiger partial charge < -0.3 is 4.57 Å². The molecule has 6 heteroatoms. The van der Waals surface area contributed by atoms with E-state index in [2.05, 4.69) is 23.4 Å². The van der Waals surface area contributed by atoms with E-state index < -0.39 is 9.84 Å². The molecule has 0 bridgehead atoms. The number of nitrogens with zero attached hydrogens (tertiary/aromatic N) is 3. The Labute approximate surface area is 167 Å². The molecule has 0 aliphatic carbocycles. The summed E-state index contributed by atoms with van der Waals surface area (Å²) < 4.78 is 27.1. The molecule has 0 saturated carbocycles. The maximum Gasteiger partial charge on any atom is 0.178 e. The van der Waals surface area contributed by atoms with Gasteiger partial charge in [0.2, 0.25) is 0 Å². The fourth-order valence-corrected chi connectivity index (χ4v) is 4.95. The summed E-state index contributed by atoms with van der Waals surface area (Å²) in [6.45, 7) is 5.13. The fourth-order valence-electron chi connectivity index (χ4n) is 3.56. The summed E-state index contributed by atoms with van der Waals surface area (Å²) in [5.74, 6) is 1.32. The number of imidazole rings is 1. The van der Waals surface area contributed by atoms with E-state index in [-0.39, 0.29) is 5.75 Å². The van der Waals surface area contributed by atoms with Crippen molar-refractivity contribution in [3.63, 3.8) is 0 Å². The van der Waals surface area contributed by atoms with Gasteiger partial charge in [-0.25, -0.2) is 13.4 Å². The molecule has 150 valence electrons. The zero-order valence-corrected chi connectivity index (χ0v) is 17.6. The molecule has 0 amide bonds. The van der Waals surface area contributed by atoms with E-state index in [1.165, 1.54) is 0 Å².